The normalized spacial score (nSPS) is 14.2. The fourth-order valence-electron chi connectivity index (χ4n) is 4.96. The van der Waals surface area contributed by atoms with E-state index in [1.807, 2.05) is 39.5 Å². The van der Waals surface area contributed by atoms with Gasteiger partial charge >= 0.3 is 6.18 Å². The number of hydrogen-bond acceptors (Lipinski definition) is 8. The van der Waals surface area contributed by atoms with E-state index in [-0.39, 0.29) is 28.6 Å². The maximum Gasteiger partial charge on any atom is 0.418 e. The second kappa shape index (κ2) is 12.4. The number of fused-ring (bicyclic) bond motifs is 1. The molecular formula is C32H32F3N7O4S. The fourth-order valence-corrected chi connectivity index (χ4v) is 5.48. The van der Waals surface area contributed by atoms with Gasteiger partial charge in [0.2, 0.25) is 5.82 Å². The summed E-state index contributed by atoms with van der Waals surface area (Å²) >= 11 is 0. The van der Waals surface area contributed by atoms with Crippen LogP contribution in [0.3, 0.4) is 0 Å². The second-order valence-electron chi connectivity index (χ2n) is 11.7. The fraction of sp³-hybridized carbons (Fsp3) is 0.281. The van der Waals surface area contributed by atoms with Gasteiger partial charge in [0.25, 0.3) is 16.0 Å². The lowest BCUT2D eigenvalue weighted by Gasteiger charge is -2.23. The molecule has 0 bridgehead atoms. The molecule has 0 fully saturated rings. The molecule has 0 radical (unpaired) electrons. The van der Waals surface area contributed by atoms with Crippen molar-refractivity contribution in [2.75, 3.05) is 23.3 Å². The lowest BCUT2D eigenvalue weighted by molar-refractivity contribution is -0.137. The van der Waals surface area contributed by atoms with Gasteiger partial charge < -0.3 is 10.2 Å². The first-order valence-electron chi connectivity index (χ1n) is 14.6. The third-order valence-corrected chi connectivity index (χ3v) is 8.22. The van der Waals surface area contributed by atoms with Crippen LogP contribution in [0.1, 0.15) is 56.4 Å². The zero-order valence-corrected chi connectivity index (χ0v) is 27.0. The van der Waals surface area contributed by atoms with E-state index in [4.69, 9.17) is 0 Å². The molecule has 1 aliphatic heterocycles. The van der Waals surface area contributed by atoms with Crippen LogP contribution < -0.4 is 10.2 Å². The van der Waals surface area contributed by atoms with Gasteiger partial charge in [-0.15, -0.1) is 9.89 Å². The van der Waals surface area contributed by atoms with E-state index < -0.39 is 38.1 Å². The molecule has 0 spiro atoms. The maximum absolute atomic E-state index is 14.3. The van der Waals surface area contributed by atoms with Crippen molar-refractivity contribution in [1.82, 2.24) is 14.9 Å². The molecule has 1 aromatic heterocycles. The van der Waals surface area contributed by atoms with Gasteiger partial charge in [0.05, 0.1) is 21.9 Å². The third-order valence-electron chi connectivity index (χ3n) is 7.37. The van der Waals surface area contributed by atoms with Crippen molar-refractivity contribution in [2.24, 2.45) is 15.5 Å². The lowest BCUT2D eigenvalue weighted by atomic mass is 9.87. The van der Waals surface area contributed by atoms with Crippen molar-refractivity contribution in [3.63, 3.8) is 0 Å². The minimum atomic E-state index is -4.66. The second-order valence-corrected chi connectivity index (χ2v) is 13.1. The van der Waals surface area contributed by atoms with Crippen molar-refractivity contribution >= 4 is 44.5 Å². The minimum absolute atomic E-state index is 0.0205. The molecule has 1 aliphatic rings. The summed E-state index contributed by atoms with van der Waals surface area (Å²) in [5.41, 5.74) is 0.247. The first kappa shape index (κ1) is 33.5. The van der Waals surface area contributed by atoms with Crippen molar-refractivity contribution < 1.29 is 30.9 Å². The highest BCUT2D eigenvalue weighted by atomic mass is 32.2. The van der Waals surface area contributed by atoms with E-state index >= 15 is 0 Å². The number of amides is 1. The largest absolute Gasteiger partial charge is 0.418 e. The van der Waals surface area contributed by atoms with Gasteiger partial charge in [0.15, 0.2) is 5.82 Å². The number of nitrogens with one attached hydrogen (secondary N) is 1. The minimum Gasteiger partial charge on any atom is -0.372 e. The molecule has 2 N–H and O–H groups in total. The molecule has 0 aliphatic carbocycles. The molecule has 3 aromatic carbocycles. The summed E-state index contributed by atoms with van der Waals surface area (Å²) in [7, 11) is -4.48. The number of anilines is 2. The molecule has 0 atom stereocenters. The van der Waals surface area contributed by atoms with Crippen molar-refractivity contribution in [3.05, 3.63) is 83.7 Å². The molecular weight excluding hydrogens is 635 g/mol. The molecule has 4 aromatic rings. The molecule has 11 nitrogen and oxygen atoms in total. The van der Waals surface area contributed by atoms with E-state index in [0.29, 0.717) is 35.7 Å². The number of aliphatic imine (C=N–C) groups is 1. The average molecular weight is 668 g/mol. The first-order valence-corrected chi connectivity index (χ1v) is 16.0. The number of hydrogen-bond donors (Lipinski definition) is 2. The van der Waals surface area contributed by atoms with Gasteiger partial charge in [0, 0.05) is 41.0 Å². The number of alkyl halides is 3. The molecule has 15 heteroatoms. The van der Waals surface area contributed by atoms with E-state index in [2.05, 4.69) is 25.5 Å². The Bertz CT molecular complexity index is 2010. The Labute approximate surface area is 269 Å². The first-order chi connectivity index (χ1) is 22.0. The Morgan fingerprint density at radius 2 is 1.68 bits per heavy atom. The summed E-state index contributed by atoms with van der Waals surface area (Å²) in [4.78, 5) is 24.4. The predicted molar refractivity (Wildman–Crippen MR) is 173 cm³/mol. The summed E-state index contributed by atoms with van der Waals surface area (Å²) in [6.07, 6.45) is -4.66. The van der Waals surface area contributed by atoms with E-state index in [1.54, 1.807) is 30.3 Å². The van der Waals surface area contributed by atoms with Gasteiger partial charge in [0.1, 0.15) is 5.71 Å². The number of halogens is 3. The molecule has 2 heterocycles. The Morgan fingerprint density at radius 3 is 2.28 bits per heavy atom. The molecule has 0 unspecified atom stereocenters. The molecule has 5 rings (SSSR count). The molecule has 1 amide bonds. The number of carbonyl (C=O) groups excluding carboxylic acids is 1. The van der Waals surface area contributed by atoms with E-state index in [1.165, 1.54) is 29.1 Å². The van der Waals surface area contributed by atoms with Gasteiger partial charge in [-0.05, 0) is 74.5 Å². The predicted octanol–water partition coefficient (Wildman–Crippen LogP) is 6.69. The summed E-state index contributed by atoms with van der Waals surface area (Å²) in [6.45, 7) is 10.5. The Balaban J connectivity index is 1.47. The SMILES string of the molecule is CCN(CC)c1ccc(/N=C2/C(C(C)(C)C)=Nn3nc(-c4ccc(NC(=O)c5cccc(S(=O)(=O)O)c5)cc4)nc32)c(C(F)(F)F)c1. The quantitative estimate of drug-likeness (QED) is 0.199. The number of benzene rings is 3. The molecule has 0 saturated heterocycles. The van der Waals surface area contributed by atoms with Gasteiger partial charge in [-0.1, -0.05) is 26.8 Å². The van der Waals surface area contributed by atoms with E-state index in [9.17, 15) is 30.9 Å². The van der Waals surface area contributed by atoms with Crippen molar-refractivity contribution in [3.8, 4) is 11.4 Å². The van der Waals surface area contributed by atoms with Crippen molar-refractivity contribution in [2.45, 2.75) is 45.7 Å². The van der Waals surface area contributed by atoms with Crippen LogP contribution in [0.5, 0.6) is 0 Å². The number of aromatic nitrogens is 3. The summed E-state index contributed by atoms with van der Waals surface area (Å²) in [6, 6.07) is 15.5. The van der Waals surface area contributed by atoms with Crippen LogP contribution in [0.25, 0.3) is 11.4 Å². The van der Waals surface area contributed by atoms with Crippen LogP contribution >= 0.6 is 0 Å². The van der Waals surface area contributed by atoms with Crippen LogP contribution in [0, 0.1) is 5.41 Å². The molecule has 47 heavy (non-hydrogen) atoms. The van der Waals surface area contributed by atoms with Crippen molar-refractivity contribution in [1.29, 1.82) is 0 Å². The monoisotopic (exact) mass is 667 g/mol. The smallest absolute Gasteiger partial charge is 0.372 e. The van der Waals surface area contributed by atoms with Gasteiger partial charge in [-0.2, -0.15) is 26.7 Å². The topological polar surface area (TPSA) is 142 Å². The Kier molecular flexibility index (Phi) is 8.81. The zero-order valence-electron chi connectivity index (χ0n) is 26.2. The molecule has 246 valence electrons. The Morgan fingerprint density at radius 1 is 1.00 bits per heavy atom. The number of rotatable bonds is 8. The third kappa shape index (κ3) is 7.10. The molecule has 0 saturated carbocycles. The highest BCUT2D eigenvalue weighted by Crippen LogP contribution is 2.40. The Hall–Kier alpha value is -4.89. The van der Waals surface area contributed by atoms with Crippen LogP contribution in [0.4, 0.5) is 30.2 Å². The highest BCUT2D eigenvalue weighted by Gasteiger charge is 2.38. The standard InChI is InChI=1S/C32H32F3N7O4S/c1-6-41(7-2)22-15-16-25(24(18-22)32(33,34)35)37-26-27(31(3,4)5)39-42-29(26)38-28(40-42)19-11-13-21(14-12-19)36-30(43)20-9-8-10-23(17-20)47(44,45)46/h8-18H,6-7H2,1-5H3,(H,36,43)(H,44,45,46)/b37-26-. The highest BCUT2D eigenvalue weighted by molar-refractivity contribution is 7.85. The van der Waals surface area contributed by atoms with Gasteiger partial charge in [-0.25, -0.2) is 9.98 Å². The average Bonchev–Trinajstić information content (AvgIpc) is 3.57. The summed E-state index contributed by atoms with van der Waals surface area (Å²) in [5.74, 6) is -0.186. The van der Waals surface area contributed by atoms with Gasteiger partial charge in [-0.3, -0.25) is 9.35 Å². The summed E-state index contributed by atoms with van der Waals surface area (Å²) < 4.78 is 75.0. The zero-order chi connectivity index (χ0) is 34.3. The maximum atomic E-state index is 14.3. The summed E-state index contributed by atoms with van der Waals surface area (Å²) in [5, 5.41) is 11.7. The van der Waals surface area contributed by atoms with Crippen LogP contribution in [0.15, 0.2) is 81.7 Å². The van der Waals surface area contributed by atoms with Crippen LogP contribution in [-0.2, 0) is 16.3 Å². The lowest BCUT2D eigenvalue weighted by Crippen LogP contribution is -2.27. The van der Waals surface area contributed by atoms with Crippen LogP contribution in [0.2, 0.25) is 0 Å². The van der Waals surface area contributed by atoms with Crippen LogP contribution in [-0.4, -0.2) is 58.3 Å². The number of carbonyl (C=O) groups is 1. The van der Waals surface area contributed by atoms with E-state index in [0.717, 1.165) is 12.1 Å². The number of nitrogens with zero attached hydrogens (tertiary/aromatic N) is 6.